The fourth-order valence-corrected chi connectivity index (χ4v) is 3.70. The molecule has 0 saturated carbocycles. The average Bonchev–Trinajstić information content (AvgIpc) is 2.73. The number of allylic oxidation sites excluding steroid dienone is 2. The molecule has 1 aliphatic carbocycles. The maximum absolute atomic E-state index is 12.2. The van der Waals surface area contributed by atoms with Gasteiger partial charge in [0, 0.05) is 24.3 Å². The Morgan fingerprint density at radius 2 is 1.96 bits per heavy atom. The predicted octanol–water partition coefficient (Wildman–Crippen LogP) is 5.65. The number of ketones is 1. The summed E-state index contributed by atoms with van der Waals surface area (Å²) >= 11 is 0. The van der Waals surface area contributed by atoms with E-state index in [0.29, 0.717) is 18.2 Å². The van der Waals surface area contributed by atoms with E-state index in [2.05, 4.69) is 36.2 Å². The smallest absolute Gasteiger partial charge is 0.159 e. The zero-order chi connectivity index (χ0) is 19.3. The molecule has 2 aromatic carbocycles. The van der Waals surface area contributed by atoms with E-state index in [9.17, 15) is 4.79 Å². The number of rotatable bonds is 4. The Kier molecular flexibility index (Phi) is 5.52. The lowest BCUT2D eigenvalue weighted by atomic mass is 9.91. The largest absolute Gasteiger partial charge is 0.457 e. The number of dihydropyridines is 1. The van der Waals surface area contributed by atoms with Crippen molar-refractivity contribution in [1.29, 1.82) is 0 Å². The van der Waals surface area contributed by atoms with Crippen molar-refractivity contribution < 1.29 is 9.53 Å². The molecule has 0 bridgehead atoms. The molecule has 28 heavy (non-hydrogen) atoms. The molecule has 1 aliphatic heterocycles. The first-order chi connectivity index (χ1) is 13.7. The Balaban J connectivity index is 1.68. The number of aryl methyl sites for hydroxylation is 1. The van der Waals surface area contributed by atoms with Crippen LogP contribution in [0.25, 0.3) is 11.3 Å². The first-order valence-electron chi connectivity index (χ1n) is 10.1. The quantitative estimate of drug-likeness (QED) is 0.697. The number of aliphatic imine (C=N–C) groups is 1. The number of carbonyl (C=O) groups is 1. The van der Waals surface area contributed by atoms with E-state index in [0.717, 1.165) is 37.0 Å². The lowest BCUT2D eigenvalue weighted by molar-refractivity contribution is -0.114. The highest BCUT2D eigenvalue weighted by Crippen LogP contribution is 2.30. The Morgan fingerprint density at radius 1 is 1.11 bits per heavy atom. The number of nitrogens with zero attached hydrogens (tertiary/aromatic N) is 1. The third kappa shape index (κ3) is 4.14. The topological polar surface area (TPSA) is 38.7 Å². The lowest BCUT2D eigenvalue weighted by Crippen LogP contribution is -2.09. The molecule has 2 aliphatic rings. The van der Waals surface area contributed by atoms with Crippen LogP contribution in [-0.4, -0.2) is 18.0 Å². The van der Waals surface area contributed by atoms with E-state index in [1.807, 2.05) is 36.5 Å². The number of benzene rings is 2. The van der Waals surface area contributed by atoms with Crippen LogP contribution >= 0.6 is 0 Å². The molecule has 0 fully saturated rings. The second kappa shape index (κ2) is 8.39. The summed E-state index contributed by atoms with van der Waals surface area (Å²) in [6.45, 7) is 2.17. The normalized spacial score (nSPS) is 19.2. The Labute approximate surface area is 166 Å². The fourth-order valence-electron chi connectivity index (χ4n) is 3.70. The summed E-state index contributed by atoms with van der Waals surface area (Å²) in [5, 5.41) is 0. The summed E-state index contributed by atoms with van der Waals surface area (Å²) in [5.41, 5.74) is 4.59. The van der Waals surface area contributed by atoms with Gasteiger partial charge in [0.15, 0.2) is 5.78 Å². The van der Waals surface area contributed by atoms with Crippen molar-refractivity contribution in [2.24, 2.45) is 4.99 Å². The van der Waals surface area contributed by atoms with Crippen LogP contribution in [-0.2, 0) is 11.2 Å². The zero-order valence-corrected chi connectivity index (χ0v) is 16.2. The number of carbonyl (C=O) groups excluding carboxylic acids is 1. The van der Waals surface area contributed by atoms with E-state index in [-0.39, 0.29) is 5.78 Å². The van der Waals surface area contributed by atoms with Gasteiger partial charge in [-0.25, -0.2) is 0 Å². The van der Waals surface area contributed by atoms with Crippen LogP contribution in [0.15, 0.2) is 65.7 Å². The molecule has 0 aromatic heterocycles. The van der Waals surface area contributed by atoms with Gasteiger partial charge in [0.05, 0.1) is 6.04 Å². The highest BCUT2D eigenvalue weighted by Gasteiger charge is 2.18. The van der Waals surface area contributed by atoms with Gasteiger partial charge in [-0.15, -0.1) is 0 Å². The summed E-state index contributed by atoms with van der Waals surface area (Å²) in [6, 6.07) is 16.5. The van der Waals surface area contributed by atoms with Crippen LogP contribution in [0.3, 0.4) is 0 Å². The molecule has 142 valence electrons. The number of fused-ring (bicyclic) bond motifs is 1. The van der Waals surface area contributed by atoms with Crippen molar-refractivity contribution in [3.05, 3.63) is 77.4 Å². The van der Waals surface area contributed by atoms with E-state index >= 15 is 0 Å². The second-order valence-electron chi connectivity index (χ2n) is 7.35. The summed E-state index contributed by atoms with van der Waals surface area (Å²) in [6.07, 6.45) is 10.3. The van der Waals surface area contributed by atoms with Gasteiger partial charge in [-0.3, -0.25) is 9.79 Å². The molecule has 0 radical (unpaired) electrons. The maximum atomic E-state index is 12.2. The van der Waals surface area contributed by atoms with Gasteiger partial charge in [0.25, 0.3) is 0 Å². The van der Waals surface area contributed by atoms with Gasteiger partial charge < -0.3 is 4.74 Å². The zero-order valence-electron chi connectivity index (χ0n) is 16.2. The van der Waals surface area contributed by atoms with Crippen molar-refractivity contribution in [2.45, 2.75) is 45.1 Å². The van der Waals surface area contributed by atoms with Gasteiger partial charge in [-0.2, -0.15) is 0 Å². The highest BCUT2D eigenvalue weighted by molar-refractivity contribution is 6.10. The van der Waals surface area contributed by atoms with Crippen LogP contribution in [0.1, 0.15) is 49.3 Å². The Bertz CT molecular complexity index is 954. The molecular weight excluding hydrogens is 346 g/mol. The fraction of sp³-hybridized carbons (Fsp3) is 0.280. The van der Waals surface area contributed by atoms with Crippen molar-refractivity contribution in [3.8, 4) is 5.75 Å². The van der Waals surface area contributed by atoms with Crippen LogP contribution in [0.2, 0.25) is 0 Å². The molecule has 1 heterocycles. The van der Waals surface area contributed by atoms with Crippen LogP contribution < -0.4 is 4.74 Å². The SMILES string of the molecule is CCC1CC=C(c2ccc3c(c2)CCCC(=O)C=C3Oc2ccccc2)C=N1. The molecule has 3 nitrogen and oxygen atoms in total. The lowest BCUT2D eigenvalue weighted by Gasteiger charge is -2.19. The Morgan fingerprint density at radius 3 is 2.71 bits per heavy atom. The Hall–Kier alpha value is -2.94. The van der Waals surface area contributed by atoms with Gasteiger partial charge >= 0.3 is 0 Å². The van der Waals surface area contributed by atoms with E-state index in [1.165, 1.54) is 16.7 Å². The highest BCUT2D eigenvalue weighted by atomic mass is 16.5. The number of hydrogen-bond acceptors (Lipinski definition) is 3. The van der Waals surface area contributed by atoms with Crippen LogP contribution in [0, 0.1) is 0 Å². The number of para-hydroxylation sites is 1. The monoisotopic (exact) mass is 371 g/mol. The molecule has 0 spiro atoms. The summed E-state index contributed by atoms with van der Waals surface area (Å²) in [4.78, 5) is 16.9. The van der Waals surface area contributed by atoms with Crippen molar-refractivity contribution >= 4 is 23.3 Å². The molecule has 4 rings (SSSR count). The minimum atomic E-state index is 0.119. The number of hydrogen-bond donors (Lipinski definition) is 0. The van der Waals surface area contributed by atoms with Gasteiger partial charge in [-0.05, 0) is 54.5 Å². The number of ether oxygens (including phenoxy) is 1. The molecule has 1 unspecified atom stereocenters. The minimum absolute atomic E-state index is 0.119. The second-order valence-corrected chi connectivity index (χ2v) is 7.35. The molecule has 0 saturated heterocycles. The molecule has 0 N–H and O–H groups in total. The van der Waals surface area contributed by atoms with E-state index in [4.69, 9.17) is 4.74 Å². The van der Waals surface area contributed by atoms with Gasteiger partial charge in [0.2, 0.25) is 0 Å². The van der Waals surface area contributed by atoms with Crippen LogP contribution in [0.5, 0.6) is 5.75 Å². The molecular formula is C25H25NO2. The summed E-state index contributed by atoms with van der Waals surface area (Å²) < 4.78 is 6.10. The first-order valence-corrected chi connectivity index (χ1v) is 10.1. The average molecular weight is 371 g/mol. The third-order valence-corrected chi connectivity index (χ3v) is 5.34. The van der Waals surface area contributed by atoms with Gasteiger partial charge in [-0.1, -0.05) is 49.4 Å². The first kappa shape index (κ1) is 18.4. The molecule has 1 atom stereocenters. The summed E-state index contributed by atoms with van der Waals surface area (Å²) in [7, 11) is 0. The summed E-state index contributed by atoms with van der Waals surface area (Å²) in [5.74, 6) is 1.49. The van der Waals surface area contributed by atoms with E-state index in [1.54, 1.807) is 6.08 Å². The van der Waals surface area contributed by atoms with Crippen molar-refractivity contribution in [1.82, 2.24) is 0 Å². The van der Waals surface area contributed by atoms with Crippen molar-refractivity contribution in [3.63, 3.8) is 0 Å². The molecule has 3 heteroatoms. The van der Waals surface area contributed by atoms with Crippen LogP contribution in [0.4, 0.5) is 0 Å². The molecule has 2 aromatic rings. The standard InChI is InChI=1S/C25H25NO2/c1-2-21-13-11-20(17-26-21)18-12-14-24-19(15-18)7-6-8-22(27)16-25(24)28-23-9-4-3-5-10-23/h3-5,9-12,14-17,21H,2,6-8,13H2,1H3. The predicted molar refractivity (Wildman–Crippen MR) is 115 cm³/mol. The molecule has 0 amide bonds. The third-order valence-electron chi connectivity index (χ3n) is 5.34. The maximum Gasteiger partial charge on any atom is 0.159 e. The van der Waals surface area contributed by atoms with Gasteiger partial charge in [0.1, 0.15) is 11.5 Å². The minimum Gasteiger partial charge on any atom is -0.457 e. The van der Waals surface area contributed by atoms with Crippen molar-refractivity contribution in [2.75, 3.05) is 0 Å². The van der Waals surface area contributed by atoms with E-state index < -0.39 is 0 Å².